The second-order valence-electron chi connectivity index (χ2n) is 5.73. The summed E-state index contributed by atoms with van der Waals surface area (Å²) < 4.78 is 10.7. The van der Waals surface area contributed by atoms with E-state index in [1.165, 1.54) is 6.26 Å². The normalized spacial score (nSPS) is 17.0. The van der Waals surface area contributed by atoms with Gasteiger partial charge in [-0.2, -0.15) is 0 Å². The molecule has 0 aromatic carbocycles. The number of carbonyl (C=O) groups excluding carboxylic acids is 1. The van der Waals surface area contributed by atoms with Gasteiger partial charge in [0.1, 0.15) is 6.26 Å². The lowest BCUT2D eigenvalue weighted by Gasteiger charge is -2.35. The molecular weight excluding hydrogens is 298 g/mol. The highest BCUT2D eigenvalue weighted by atomic mass is 16.5. The Hall–Kier alpha value is -2.25. The van der Waals surface area contributed by atoms with E-state index in [1.807, 2.05) is 13.0 Å². The lowest BCUT2D eigenvalue weighted by Crippen LogP contribution is -2.54. The third kappa shape index (κ3) is 3.40. The van der Waals surface area contributed by atoms with Crippen molar-refractivity contribution in [1.82, 2.24) is 15.3 Å². The summed E-state index contributed by atoms with van der Waals surface area (Å²) in [4.78, 5) is 20.7. The SMILES string of the molecule is Cc1cc(-c2nc(C(=O)NC3(CO)CCOCC3)co2)ccn1. The Labute approximate surface area is 133 Å². The number of amides is 1. The van der Waals surface area contributed by atoms with Gasteiger partial charge in [0, 0.05) is 30.7 Å². The zero-order valence-corrected chi connectivity index (χ0v) is 12.9. The largest absolute Gasteiger partial charge is 0.444 e. The molecule has 122 valence electrons. The predicted molar refractivity (Wildman–Crippen MR) is 81.8 cm³/mol. The van der Waals surface area contributed by atoms with Crippen molar-refractivity contribution in [3.63, 3.8) is 0 Å². The van der Waals surface area contributed by atoms with Crippen LogP contribution < -0.4 is 5.32 Å². The lowest BCUT2D eigenvalue weighted by molar-refractivity contribution is 0.0124. The summed E-state index contributed by atoms with van der Waals surface area (Å²) in [6.45, 7) is 2.77. The summed E-state index contributed by atoms with van der Waals surface area (Å²) in [5.74, 6) is 0.00686. The van der Waals surface area contributed by atoms with Crippen LogP contribution in [-0.4, -0.2) is 46.3 Å². The van der Waals surface area contributed by atoms with Gasteiger partial charge in [0.2, 0.25) is 5.89 Å². The number of ether oxygens (including phenoxy) is 1. The molecule has 7 heteroatoms. The van der Waals surface area contributed by atoms with Crippen LogP contribution >= 0.6 is 0 Å². The topological polar surface area (TPSA) is 97.5 Å². The van der Waals surface area contributed by atoms with Gasteiger partial charge in [-0.1, -0.05) is 0 Å². The number of oxazole rings is 1. The number of aryl methyl sites for hydroxylation is 1. The smallest absolute Gasteiger partial charge is 0.273 e. The summed E-state index contributed by atoms with van der Waals surface area (Å²) in [5, 5.41) is 12.5. The maximum atomic E-state index is 12.4. The molecule has 7 nitrogen and oxygen atoms in total. The average molecular weight is 317 g/mol. The molecule has 0 spiro atoms. The molecule has 2 N–H and O–H groups in total. The Morgan fingerprint density at radius 2 is 2.22 bits per heavy atom. The lowest BCUT2D eigenvalue weighted by atomic mass is 9.91. The molecule has 0 unspecified atom stereocenters. The van der Waals surface area contributed by atoms with Gasteiger partial charge in [-0.25, -0.2) is 4.98 Å². The Kier molecular flexibility index (Phi) is 4.40. The first-order valence-corrected chi connectivity index (χ1v) is 7.52. The van der Waals surface area contributed by atoms with Crippen molar-refractivity contribution in [1.29, 1.82) is 0 Å². The van der Waals surface area contributed by atoms with Gasteiger partial charge in [-0.05, 0) is 31.9 Å². The molecule has 3 rings (SSSR count). The second-order valence-corrected chi connectivity index (χ2v) is 5.73. The molecule has 1 aliphatic heterocycles. The summed E-state index contributed by atoms with van der Waals surface area (Å²) in [6.07, 6.45) is 4.13. The van der Waals surface area contributed by atoms with Crippen molar-refractivity contribution in [3.8, 4) is 11.5 Å². The number of hydrogen-bond donors (Lipinski definition) is 2. The second kappa shape index (κ2) is 6.47. The zero-order chi connectivity index (χ0) is 16.3. The Morgan fingerprint density at radius 1 is 1.43 bits per heavy atom. The van der Waals surface area contributed by atoms with Crippen LogP contribution in [0.4, 0.5) is 0 Å². The average Bonchev–Trinajstić information content (AvgIpc) is 3.06. The van der Waals surface area contributed by atoms with Crippen LogP contribution in [0.1, 0.15) is 29.0 Å². The number of carbonyl (C=O) groups is 1. The molecule has 1 amide bonds. The van der Waals surface area contributed by atoms with Gasteiger partial charge < -0.3 is 19.6 Å². The van der Waals surface area contributed by atoms with E-state index < -0.39 is 5.54 Å². The van der Waals surface area contributed by atoms with Gasteiger partial charge in [0.25, 0.3) is 5.91 Å². The minimum atomic E-state index is -0.651. The first-order chi connectivity index (χ1) is 11.1. The van der Waals surface area contributed by atoms with Crippen LogP contribution in [0.25, 0.3) is 11.5 Å². The zero-order valence-electron chi connectivity index (χ0n) is 12.9. The fourth-order valence-electron chi connectivity index (χ4n) is 2.58. The van der Waals surface area contributed by atoms with Crippen molar-refractivity contribution in [2.24, 2.45) is 0 Å². The maximum Gasteiger partial charge on any atom is 0.273 e. The summed E-state index contributed by atoms with van der Waals surface area (Å²) >= 11 is 0. The van der Waals surface area contributed by atoms with E-state index in [0.717, 1.165) is 11.3 Å². The first-order valence-electron chi connectivity index (χ1n) is 7.52. The molecule has 1 saturated heterocycles. The molecular formula is C16H19N3O4. The van der Waals surface area contributed by atoms with E-state index >= 15 is 0 Å². The van der Waals surface area contributed by atoms with E-state index in [0.29, 0.717) is 31.9 Å². The van der Waals surface area contributed by atoms with Crippen LogP contribution in [-0.2, 0) is 4.74 Å². The molecule has 0 aliphatic carbocycles. The first kappa shape index (κ1) is 15.6. The van der Waals surface area contributed by atoms with E-state index in [4.69, 9.17) is 9.15 Å². The molecule has 0 bridgehead atoms. The molecule has 0 radical (unpaired) electrons. The molecule has 2 aromatic rings. The van der Waals surface area contributed by atoms with E-state index in [1.54, 1.807) is 12.3 Å². The van der Waals surface area contributed by atoms with Gasteiger partial charge in [-0.15, -0.1) is 0 Å². The highest BCUT2D eigenvalue weighted by Crippen LogP contribution is 2.22. The van der Waals surface area contributed by atoms with Crippen molar-refractivity contribution in [3.05, 3.63) is 36.0 Å². The van der Waals surface area contributed by atoms with Gasteiger partial charge in [0.15, 0.2) is 5.69 Å². The van der Waals surface area contributed by atoms with Crippen molar-refractivity contribution >= 4 is 5.91 Å². The molecule has 0 saturated carbocycles. The maximum absolute atomic E-state index is 12.4. The molecule has 23 heavy (non-hydrogen) atoms. The summed E-state index contributed by atoms with van der Waals surface area (Å²) in [5.41, 5.74) is 1.14. The molecule has 0 atom stereocenters. The number of rotatable bonds is 4. The quantitative estimate of drug-likeness (QED) is 0.882. The fourth-order valence-corrected chi connectivity index (χ4v) is 2.58. The predicted octanol–water partition coefficient (Wildman–Crippen LogP) is 1.32. The van der Waals surface area contributed by atoms with E-state index in [2.05, 4.69) is 15.3 Å². The molecule has 2 aromatic heterocycles. The van der Waals surface area contributed by atoms with Crippen molar-refractivity contribution in [2.75, 3.05) is 19.8 Å². The molecule has 3 heterocycles. The Balaban J connectivity index is 1.76. The molecule has 1 fully saturated rings. The monoisotopic (exact) mass is 317 g/mol. The number of hydrogen-bond acceptors (Lipinski definition) is 6. The van der Waals surface area contributed by atoms with Gasteiger partial charge in [0.05, 0.1) is 12.1 Å². The number of aromatic nitrogens is 2. The third-order valence-electron chi connectivity index (χ3n) is 4.01. The number of nitrogens with one attached hydrogen (secondary N) is 1. The minimum Gasteiger partial charge on any atom is -0.444 e. The summed E-state index contributed by atoms with van der Waals surface area (Å²) in [7, 11) is 0. The van der Waals surface area contributed by atoms with Crippen molar-refractivity contribution in [2.45, 2.75) is 25.3 Å². The number of nitrogens with zero attached hydrogens (tertiary/aromatic N) is 2. The third-order valence-corrected chi connectivity index (χ3v) is 4.01. The number of pyridine rings is 1. The number of aliphatic hydroxyl groups excluding tert-OH is 1. The Morgan fingerprint density at radius 3 is 2.91 bits per heavy atom. The highest BCUT2D eigenvalue weighted by Gasteiger charge is 2.34. The van der Waals surface area contributed by atoms with Crippen LogP contribution in [0, 0.1) is 6.92 Å². The van der Waals surface area contributed by atoms with Crippen LogP contribution in [0.15, 0.2) is 29.0 Å². The molecule has 1 aliphatic rings. The minimum absolute atomic E-state index is 0.129. The van der Waals surface area contributed by atoms with Crippen LogP contribution in [0.2, 0.25) is 0 Å². The van der Waals surface area contributed by atoms with E-state index in [9.17, 15) is 9.90 Å². The van der Waals surface area contributed by atoms with E-state index in [-0.39, 0.29) is 18.2 Å². The van der Waals surface area contributed by atoms with Crippen molar-refractivity contribution < 1.29 is 19.1 Å². The van der Waals surface area contributed by atoms with Gasteiger partial charge >= 0.3 is 0 Å². The number of aliphatic hydroxyl groups is 1. The van der Waals surface area contributed by atoms with Crippen LogP contribution in [0.3, 0.4) is 0 Å². The Bertz CT molecular complexity index is 692. The van der Waals surface area contributed by atoms with Gasteiger partial charge in [-0.3, -0.25) is 9.78 Å². The standard InChI is InChI=1S/C16H19N3O4/c1-11-8-12(2-5-17-11)15-18-13(9-23-15)14(21)19-16(10-20)3-6-22-7-4-16/h2,5,8-9,20H,3-4,6-7,10H2,1H3,(H,19,21). The van der Waals surface area contributed by atoms with Crippen LogP contribution in [0.5, 0.6) is 0 Å². The summed E-state index contributed by atoms with van der Waals surface area (Å²) in [6, 6.07) is 3.61. The highest BCUT2D eigenvalue weighted by molar-refractivity contribution is 5.93. The fraction of sp³-hybridized carbons (Fsp3) is 0.438.